The van der Waals surface area contributed by atoms with Gasteiger partial charge in [0.1, 0.15) is 6.54 Å². The van der Waals surface area contributed by atoms with Crippen LogP contribution in [-0.4, -0.2) is 24.2 Å². The van der Waals surface area contributed by atoms with Gasteiger partial charge < -0.3 is 5.32 Å². The second-order valence-electron chi connectivity index (χ2n) is 6.45. The van der Waals surface area contributed by atoms with Crippen LogP contribution in [0.15, 0.2) is 47.5 Å². The fourth-order valence-corrected chi connectivity index (χ4v) is 2.75. The van der Waals surface area contributed by atoms with Gasteiger partial charge >= 0.3 is 0 Å². The average Bonchev–Trinajstić information content (AvgIpc) is 2.62. The lowest BCUT2D eigenvalue weighted by Crippen LogP contribution is -2.55. The monoisotopic (exact) mass is 350 g/mol. The fraction of sp³-hybridized carbons (Fsp3) is 0.250. The third-order valence-corrected chi connectivity index (χ3v) is 4.28. The van der Waals surface area contributed by atoms with Gasteiger partial charge in [0.2, 0.25) is 5.84 Å². The van der Waals surface area contributed by atoms with Gasteiger partial charge in [0.15, 0.2) is 0 Å². The molecule has 2 amide bonds. The number of carbonyl (C=O) groups excluding carboxylic acids is 2. The van der Waals surface area contributed by atoms with Gasteiger partial charge in [-0.1, -0.05) is 41.5 Å². The van der Waals surface area contributed by atoms with Crippen LogP contribution in [0.25, 0.3) is 0 Å². The lowest BCUT2D eigenvalue weighted by atomic mass is 10.1. The Morgan fingerprint density at radius 3 is 2.50 bits per heavy atom. The molecule has 0 aliphatic carbocycles. The van der Waals surface area contributed by atoms with Crippen LogP contribution in [0, 0.1) is 20.8 Å². The largest absolute Gasteiger partial charge is 0.345 e. The summed E-state index contributed by atoms with van der Waals surface area (Å²) >= 11 is 0. The summed E-state index contributed by atoms with van der Waals surface area (Å²) in [6.07, 6.45) is 0. The van der Waals surface area contributed by atoms with Gasteiger partial charge in [0.25, 0.3) is 11.8 Å². The van der Waals surface area contributed by atoms with E-state index >= 15 is 0 Å². The number of rotatable bonds is 4. The Morgan fingerprint density at radius 2 is 1.81 bits per heavy atom. The van der Waals surface area contributed by atoms with Crippen LogP contribution in [-0.2, 0) is 16.1 Å². The van der Waals surface area contributed by atoms with Crippen molar-refractivity contribution in [3.63, 3.8) is 0 Å². The first-order valence-corrected chi connectivity index (χ1v) is 8.49. The summed E-state index contributed by atoms with van der Waals surface area (Å²) in [4.78, 5) is 28.6. The Labute approximate surface area is 152 Å². The molecule has 0 spiro atoms. The van der Waals surface area contributed by atoms with Gasteiger partial charge in [-0.2, -0.15) is 0 Å². The summed E-state index contributed by atoms with van der Waals surface area (Å²) in [7, 11) is 0. The number of aliphatic imine (C=N–C) groups is 1. The molecule has 26 heavy (non-hydrogen) atoms. The summed E-state index contributed by atoms with van der Waals surface area (Å²) in [5, 5.41) is 4.21. The van der Waals surface area contributed by atoms with E-state index in [1.165, 1.54) is 10.6 Å². The molecular weight excluding hydrogens is 328 g/mol. The van der Waals surface area contributed by atoms with Crippen molar-refractivity contribution in [2.24, 2.45) is 4.99 Å². The Balaban J connectivity index is 1.67. The quantitative estimate of drug-likeness (QED) is 0.888. The summed E-state index contributed by atoms with van der Waals surface area (Å²) < 4.78 is 0. The molecule has 1 aliphatic heterocycles. The minimum Gasteiger partial charge on any atom is -0.345 e. The first-order valence-electron chi connectivity index (χ1n) is 8.49. The van der Waals surface area contributed by atoms with E-state index < -0.39 is 0 Å². The number of anilines is 1. The van der Waals surface area contributed by atoms with Crippen LogP contribution >= 0.6 is 0 Å². The highest BCUT2D eigenvalue weighted by molar-refractivity contribution is 6.39. The van der Waals surface area contributed by atoms with E-state index in [1.54, 1.807) is 0 Å². The second-order valence-corrected chi connectivity index (χ2v) is 6.45. The Bertz CT molecular complexity index is 872. The molecule has 2 N–H and O–H groups in total. The number of amidine groups is 1. The third kappa shape index (κ3) is 3.91. The van der Waals surface area contributed by atoms with Gasteiger partial charge in [-0.25, -0.2) is 5.01 Å². The average molecular weight is 350 g/mol. The number of nitrogens with zero attached hydrogens (tertiary/aromatic N) is 2. The maximum Gasteiger partial charge on any atom is 0.288 e. The lowest BCUT2D eigenvalue weighted by Gasteiger charge is -2.27. The summed E-state index contributed by atoms with van der Waals surface area (Å²) in [5.74, 6) is -0.413. The third-order valence-electron chi connectivity index (χ3n) is 4.28. The fourth-order valence-electron chi connectivity index (χ4n) is 2.75. The predicted molar refractivity (Wildman–Crippen MR) is 102 cm³/mol. The topological polar surface area (TPSA) is 73.8 Å². The van der Waals surface area contributed by atoms with Crippen LogP contribution in [0.1, 0.15) is 22.3 Å². The van der Waals surface area contributed by atoms with Crippen molar-refractivity contribution >= 4 is 23.3 Å². The molecule has 134 valence electrons. The molecule has 0 saturated heterocycles. The highest BCUT2D eigenvalue weighted by Crippen LogP contribution is 2.15. The lowest BCUT2D eigenvalue weighted by molar-refractivity contribution is -0.118. The number of benzene rings is 2. The van der Waals surface area contributed by atoms with E-state index in [4.69, 9.17) is 0 Å². The number of carbonyl (C=O) groups is 2. The number of nitrogens with one attached hydrogen (secondary N) is 2. The van der Waals surface area contributed by atoms with Crippen molar-refractivity contribution in [2.45, 2.75) is 27.3 Å². The predicted octanol–water partition coefficient (Wildman–Crippen LogP) is 2.18. The molecule has 0 bridgehead atoms. The normalized spacial score (nSPS) is 13.9. The van der Waals surface area contributed by atoms with Crippen LogP contribution in [0.4, 0.5) is 5.69 Å². The van der Waals surface area contributed by atoms with Crippen molar-refractivity contribution in [2.75, 3.05) is 11.6 Å². The Morgan fingerprint density at radius 1 is 1.12 bits per heavy atom. The zero-order chi connectivity index (χ0) is 18.7. The summed E-state index contributed by atoms with van der Waals surface area (Å²) in [6.45, 7) is 6.37. The van der Waals surface area contributed by atoms with Crippen molar-refractivity contribution in [1.29, 1.82) is 0 Å². The number of aryl methyl sites for hydroxylation is 3. The zero-order valence-corrected chi connectivity index (χ0v) is 15.2. The number of hydrazine groups is 1. The molecule has 3 rings (SSSR count). The molecule has 6 nitrogen and oxygen atoms in total. The minimum atomic E-state index is -0.338. The van der Waals surface area contributed by atoms with Gasteiger partial charge in [-0.15, -0.1) is 0 Å². The highest BCUT2D eigenvalue weighted by Gasteiger charge is 2.25. The van der Waals surface area contributed by atoms with Gasteiger partial charge in [-0.3, -0.25) is 20.0 Å². The molecule has 0 aromatic heterocycles. The van der Waals surface area contributed by atoms with Crippen molar-refractivity contribution in [3.8, 4) is 0 Å². The molecule has 0 atom stereocenters. The molecule has 0 unspecified atom stereocenters. The van der Waals surface area contributed by atoms with E-state index in [-0.39, 0.29) is 24.2 Å². The van der Waals surface area contributed by atoms with Crippen molar-refractivity contribution < 1.29 is 9.59 Å². The van der Waals surface area contributed by atoms with Crippen LogP contribution in [0.3, 0.4) is 0 Å². The zero-order valence-electron chi connectivity index (χ0n) is 15.2. The van der Waals surface area contributed by atoms with Gasteiger partial charge in [0.05, 0.1) is 5.69 Å². The number of hydrogen-bond acceptors (Lipinski definition) is 4. The SMILES string of the molecule is Cc1ccc(N2NC(C(=O)NCc3ccc(C)cc3C)=NCC2=O)cc1. The second kappa shape index (κ2) is 7.39. The number of hydrogen-bond donors (Lipinski definition) is 2. The summed E-state index contributed by atoms with van der Waals surface area (Å²) in [6, 6.07) is 13.6. The minimum absolute atomic E-state index is 0.0623. The van der Waals surface area contributed by atoms with E-state index in [2.05, 4.69) is 21.8 Å². The standard InChI is InChI=1S/C20H22N4O2/c1-13-5-8-17(9-6-13)24-18(25)12-21-19(23-24)20(26)22-11-16-7-4-14(2)10-15(16)3/h4-10H,11-12H2,1-3H3,(H,21,23)(H,22,26). The maximum atomic E-state index is 12.4. The molecule has 1 heterocycles. The first kappa shape index (κ1) is 17.7. The van der Waals surface area contributed by atoms with Crippen LogP contribution < -0.4 is 15.8 Å². The number of amides is 2. The van der Waals surface area contributed by atoms with E-state index in [0.29, 0.717) is 12.2 Å². The summed E-state index contributed by atoms with van der Waals surface area (Å²) in [5.41, 5.74) is 7.95. The van der Waals surface area contributed by atoms with E-state index in [0.717, 1.165) is 16.7 Å². The van der Waals surface area contributed by atoms with Gasteiger partial charge in [0, 0.05) is 6.54 Å². The molecule has 0 fully saturated rings. The van der Waals surface area contributed by atoms with Crippen molar-refractivity contribution in [1.82, 2.24) is 10.7 Å². The molecule has 2 aromatic rings. The molecule has 0 radical (unpaired) electrons. The highest BCUT2D eigenvalue weighted by atomic mass is 16.2. The van der Waals surface area contributed by atoms with Crippen LogP contribution in [0.5, 0.6) is 0 Å². The Kier molecular flexibility index (Phi) is 5.02. The van der Waals surface area contributed by atoms with Gasteiger partial charge in [-0.05, 0) is 44.0 Å². The molecule has 6 heteroatoms. The van der Waals surface area contributed by atoms with E-state index in [1.807, 2.05) is 57.2 Å². The Hall–Kier alpha value is -3.15. The first-order chi connectivity index (χ1) is 12.4. The molecular formula is C20H22N4O2. The molecule has 0 saturated carbocycles. The smallest absolute Gasteiger partial charge is 0.288 e. The maximum absolute atomic E-state index is 12.4. The van der Waals surface area contributed by atoms with E-state index in [9.17, 15) is 9.59 Å². The molecule has 1 aliphatic rings. The van der Waals surface area contributed by atoms with Crippen LogP contribution in [0.2, 0.25) is 0 Å². The van der Waals surface area contributed by atoms with Crippen molar-refractivity contribution in [3.05, 3.63) is 64.7 Å². The molecule has 2 aromatic carbocycles.